The van der Waals surface area contributed by atoms with E-state index in [0.717, 1.165) is 19.3 Å². The lowest BCUT2D eigenvalue weighted by Crippen LogP contribution is -2.26. The van der Waals surface area contributed by atoms with Crippen LogP contribution in [0.4, 0.5) is 11.4 Å². The summed E-state index contributed by atoms with van der Waals surface area (Å²) < 4.78 is 2.96. The van der Waals surface area contributed by atoms with E-state index in [9.17, 15) is 19.7 Å². The lowest BCUT2D eigenvalue weighted by Gasteiger charge is -2.05. The van der Waals surface area contributed by atoms with Crippen molar-refractivity contribution in [2.24, 2.45) is 14.1 Å². The fourth-order valence-electron chi connectivity index (χ4n) is 2.72. The van der Waals surface area contributed by atoms with Crippen LogP contribution in [0.25, 0.3) is 0 Å². The highest BCUT2D eigenvalue weighted by molar-refractivity contribution is 6.04. The van der Waals surface area contributed by atoms with Gasteiger partial charge in [-0.25, -0.2) is 0 Å². The number of unbranched alkanes of at least 4 members (excludes halogenated alkanes) is 3. The third-order valence-electron chi connectivity index (χ3n) is 4.18. The average Bonchev–Trinajstić information content (AvgIpc) is 3.20. The van der Waals surface area contributed by atoms with Crippen molar-refractivity contribution in [2.45, 2.75) is 25.7 Å². The number of amides is 2. The number of nitro groups is 1. The number of hydrogen-bond donors (Lipinski definition) is 2. The molecule has 0 spiro atoms. The molecule has 2 amide bonds. The van der Waals surface area contributed by atoms with Crippen molar-refractivity contribution in [3.63, 3.8) is 0 Å². The van der Waals surface area contributed by atoms with Crippen molar-refractivity contribution < 1.29 is 14.5 Å². The number of carbonyl (C=O) groups excluding carboxylic acids is 2. The second kappa shape index (κ2) is 9.36. The Balaban J connectivity index is 1.96. The quantitative estimate of drug-likeness (QED) is 0.387. The van der Waals surface area contributed by atoms with E-state index in [4.69, 9.17) is 5.26 Å². The first-order chi connectivity index (χ1) is 13.3. The minimum absolute atomic E-state index is 0.138. The van der Waals surface area contributed by atoms with Gasteiger partial charge in [-0.05, 0) is 18.9 Å². The lowest BCUT2D eigenvalue weighted by atomic mass is 10.2. The number of anilines is 1. The number of nitriles is 1. The van der Waals surface area contributed by atoms with Gasteiger partial charge in [-0.3, -0.25) is 19.7 Å². The van der Waals surface area contributed by atoms with Crippen LogP contribution in [0.2, 0.25) is 0 Å². The highest BCUT2D eigenvalue weighted by atomic mass is 16.6. The normalized spacial score (nSPS) is 10.3. The maximum absolute atomic E-state index is 12.4. The van der Waals surface area contributed by atoms with E-state index in [1.165, 1.54) is 16.8 Å². The topological polar surface area (TPSA) is 135 Å². The molecular formula is C18H22N6O4. The maximum Gasteiger partial charge on any atom is 0.287 e. The zero-order valence-electron chi connectivity index (χ0n) is 15.8. The Morgan fingerprint density at radius 3 is 2.43 bits per heavy atom. The molecule has 2 rings (SSSR count). The van der Waals surface area contributed by atoms with E-state index in [1.807, 2.05) is 0 Å². The zero-order valence-corrected chi connectivity index (χ0v) is 15.8. The SMILES string of the molecule is Cn1cc(NC(=O)c2cc([N+](=O)[O-])cn2C)cc1C(=O)NCCCCCC#N. The number of aryl methyl sites for hydroxylation is 2. The van der Waals surface area contributed by atoms with Crippen LogP contribution in [0.5, 0.6) is 0 Å². The number of hydrogen-bond acceptors (Lipinski definition) is 5. The Hall–Kier alpha value is -3.61. The van der Waals surface area contributed by atoms with E-state index in [2.05, 4.69) is 16.7 Å². The Morgan fingerprint density at radius 1 is 1.11 bits per heavy atom. The van der Waals surface area contributed by atoms with Crippen LogP contribution in [0.3, 0.4) is 0 Å². The third kappa shape index (κ3) is 5.20. The molecule has 0 unspecified atom stereocenters. The molecule has 0 aliphatic rings. The molecule has 2 aromatic heterocycles. The second-order valence-electron chi connectivity index (χ2n) is 6.36. The van der Waals surface area contributed by atoms with Gasteiger partial charge in [0.15, 0.2) is 0 Å². The molecule has 10 heteroatoms. The standard InChI is InChI=1S/C18H22N6O4/c1-22-11-13(9-15(22)17(25)20-8-6-4-3-5-7-19)21-18(26)16-10-14(24(27)28)12-23(16)2/h9-12H,3-6,8H2,1-2H3,(H,20,25)(H,21,26). The minimum Gasteiger partial charge on any atom is -0.351 e. The molecule has 0 saturated carbocycles. The van der Waals surface area contributed by atoms with E-state index in [-0.39, 0.29) is 17.3 Å². The molecular weight excluding hydrogens is 364 g/mol. The fraction of sp³-hybridized carbons (Fsp3) is 0.389. The van der Waals surface area contributed by atoms with Crippen LogP contribution in [-0.2, 0) is 14.1 Å². The summed E-state index contributed by atoms with van der Waals surface area (Å²) in [6.07, 6.45) is 5.83. The predicted molar refractivity (Wildman–Crippen MR) is 102 cm³/mol. The molecule has 28 heavy (non-hydrogen) atoms. The van der Waals surface area contributed by atoms with Crippen molar-refractivity contribution in [1.82, 2.24) is 14.5 Å². The summed E-state index contributed by atoms with van der Waals surface area (Å²) in [5.41, 5.74) is 0.759. The van der Waals surface area contributed by atoms with Crippen LogP contribution >= 0.6 is 0 Å². The highest BCUT2D eigenvalue weighted by Gasteiger charge is 2.19. The van der Waals surface area contributed by atoms with E-state index in [1.54, 1.807) is 30.9 Å². The van der Waals surface area contributed by atoms with Gasteiger partial charge in [0.25, 0.3) is 17.5 Å². The van der Waals surface area contributed by atoms with E-state index in [0.29, 0.717) is 24.3 Å². The molecule has 2 aromatic rings. The smallest absolute Gasteiger partial charge is 0.287 e. The van der Waals surface area contributed by atoms with Gasteiger partial charge in [-0.15, -0.1) is 0 Å². The second-order valence-corrected chi connectivity index (χ2v) is 6.36. The van der Waals surface area contributed by atoms with Gasteiger partial charge in [0.1, 0.15) is 11.4 Å². The molecule has 0 aliphatic heterocycles. The van der Waals surface area contributed by atoms with Gasteiger partial charge in [-0.1, -0.05) is 6.42 Å². The number of nitrogens with zero attached hydrogens (tertiary/aromatic N) is 4. The summed E-state index contributed by atoms with van der Waals surface area (Å²) in [6.45, 7) is 0.504. The maximum atomic E-state index is 12.4. The summed E-state index contributed by atoms with van der Waals surface area (Å²) in [6, 6.07) is 4.82. The number of aromatic nitrogens is 2. The van der Waals surface area contributed by atoms with Crippen LogP contribution in [-0.4, -0.2) is 32.4 Å². The van der Waals surface area contributed by atoms with Crippen LogP contribution in [0.15, 0.2) is 24.5 Å². The molecule has 0 bridgehead atoms. The van der Waals surface area contributed by atoms with Gasteiger partial charge < -0.3 is 19.8 Å². The average molecular weight is 386 g/mol. The van der Waals surface area contributed by atoms with Crippen molar-refractivity contribution in [1.29, 1.82) is 5.26 Å². The summed E-state index contributed by atoms with van der Waals surface area (Å²) >= 11 is 0. The van der Waals surface area contributed by atoms with E-state index < -0.39 is 10.8 Å². The largest absolute Gasteiger partial charge is 0.351 e. The highest BCUT2D eigenvalue weighted by Crippen LogP contribution is 2.18. The van der Waals surface area contributed by atoms with Gasteiger partial charge in [0, 0.05) is 39.3 Å². The van der Waals surface area contributed by atoms with Crippen molar-refractivity contribution in [3.05, 3.63) is 46.0 Å². The Morgan fingerprint density at radius 2 is 1.79 bits per heavy atom. The monoisotopic (exact) mass is 386 g/mol. The Kier molecular flexibility index (Phi) is 6.92. The summed E-state index contributed by atoms with van der Waals surface area (Å²) in [4.78, 5) is 34.9. The first-order valence-electron chi connectivity index (χ1n) is 8.77. The molecule has 0 radical (unpaired) electrons. The van der Waals surface area contributed by atoms with Gasteiger partial charge >= 0.3 is 0 Å². The molecule has 2 N–H and O–H groups in total. The Labute approximate surface area is 161 Å². The van der Waals surface area contributed by atoms with Crippen LogP contribution in [0.1, 0.15) is 46.7 Å². The molecule has 2 heterocycles. The fourth-order valence-corrected chi connectivity index (χ4v) is 2.72. The molecule has 0 atom stereocenters. The molecule has 10 nitrogen and oxygen atoms in total. The molecule has 0 saturated heterocycles. The zero-order chi connectivity index (χ0) is 20.7. The molecule has 0 fully saturated rings. The number of carbonyl (C=O) groups is 2. The predicted octanol–water partition coefficient (Wildman–Crippen LogP) is 2.34. The van der Waals surface area contributed by atoms with E-state index >= 15 is 0 Å². The minimum atomic E-state index is -0.567. The van der Waals surface area contributed by atoms with Gasteiger partial charge in [-0.2, -0.15) is 5.26 Å². The summed E-state index contributed by atoms with van der Waals surface area (Å²) in [5, 5.41) is 24.8. The summed E-state index contributed by atoms with van der Waals surface area (Å²) in [5.74, 6) is -0.775. The van der Waals surface area contributed by atoms with Crippen molar-refractivity contribution >= 4 is 23.2 Å². The molecule has 148 valence electrons. The first-order valence-corrected chi connectivity index (χ1v) is 8.77. The lowest BCUT2D eigenvalue weighted by molar-refractivity contribution is -0.384. The molecule has 0 aromatic carbocycles. The Bertz CT molecular complexity index is 921. The van der Waals surface area contributed by atoms with Crippen molar-refractivity contribution in [2.75, 3.05) is 11.9 Å². The molecule has 0 aliphatic carbocycles. The first kappa shape index (κ1) is 20.7. The van der Waals surface area contributed by atoms with Crippen LogP contribution in [0, 0.1) is 21.4 Å². The van der Waals surface area contributed by atoms with Gasteiger partial charge in [0.05, 0.1) is 22.9 Å². The summed E-state index contributed by atoms with van der Waals surface area (Å²) in [7, 11) is 3.23. The number of rotatable bonds is 9. The third-order valence-corrected chi connectivity index (χ3v) is 4.18. The number of nitrogens with one attached hydrogen (secondary N) is 2. The van der Waals surface area contributed by atoms with Crippen LogP contribution < -0.4 is 10.6 Å². The van der Waals surface area contributed by atoms with Crippen molar-refractivity contribution in [3.8, 4) is 6.07 Å². The van der Waals surface area contributed by atoms with Gasteiger partial charge in [0.2, 0.25) is 0 Å².